The molecule has 1 rings (SSSR count). The molecule has 1 aromatic rings. The van der Waals surface area contributed by atoms with Gasteiger partial charge >= 0.3 is 0 Å². The molecule has 0 aliphatic rings. The van der Waals surface area contributed by atoms with Gasteiger partial charge in [0, 0.05) is 16.9 Å². The number of nitrogens with one attached hydrogen (secondary N) is 1. The Labute approximate surface area is 112 Å². The van der Waals surface area contributed by atoms with Crippen molar-refractivity contribution in [1.29, 1.82) is 0 Å². The Balaban J connectivity index is 2.59. The van der Waals surface area contributed by atoms with Crippen LogP contribution in [0.3, 0.4) is 0 Å². The molecule has 100 valence electrons. The largest absolute Gasteiger partial charge is 0.598 e. The normalized spacial score (nSPS) is 15.2. The van der Waals surface area contributed by atoms with Crippen LogP contribution in [0.5, 0.6) is 0 Å². The summed E-state index contributed by atoms with van der Waals surface area (Å²) in [6, 6.07) is 7.59. The zero-order valence-corrected chi connectivity index (χ0v) is 12.2. The second-order valence-corrected chi connectivity index (χ2v) is 7.46. The predicted molar refractivity (Wildman–Crippen MR) is 76.0 cm³/mol. The number of carbonyl (C=O) groups is 1. The summed E-state index contributed by atoms with van der Waals surface area (Å²) in [6.07, 6.45) is 1.60. The molecule has 0 saturated heterocycles. The molecule has 1 aromatic carbocycles. The molecule has 4 heteroatoms. The minimum absolute atomic E-state index is 0.104. The Hall–Kier alpha value is -0.840. The van der Waals surface area contributed by atoms with Gasteiger partial charge in [-0.2, -0.15) is 0 Å². The fourth-order valence-electron chi connectivity index (χ4n) is 1.55. The molecule has 0 aliphatic carbocycles. The van der Waals surface area contributed by atoms with Crippen molar-refractivity contribution < 1.29 is 9.35 Å². The van der Waals surface area contributed by atoms with E-state index in [0.717, 1.165) is 18.3 Å². The van der Waals surface area contributed by atoms with Gasteiger partial charge in [-0.1, -0.05) is 18.2 Å². The van der Waals surface area contributed by atoms with Crippen LogP contribution in [0, 0.1) is 0 Å². The smallest absolute Gasteiger partial charge is 0.150 e. The molecule has 18 heavy (non-hydrogen) atoms. The summed E-state index contributed by atoms with van der Waals surface area (Å²) < 4.78 is 14.8. The van der Waals surface area contributed by atoms with Crippen LogP contribution in [0.1, 0.15) is 43.6 Å². The summed E-state index contributed by atoms with van der Waals surface area (Å²) in [5, 5.41) is 0. The molecule has 0 fully saturated rings. The van der Waals surface area contributed by atoms with Crippen LogP contribution in [0.15, 0.2) is 24.3 Å². The van der Waals surface area contributed by atoms with Crippen LogP contribution in [0.4, 0.5) is 0 Å². The Morgan fingerprint density at radius 3 is 2.67 bits per heavy atom. The van der Waals surface area contributed by atoms with Gasteiger partial charge in [0.25, 0.3) is 0 Å². The van der Waals surface area contributed by atoms with Crippen LogP contribution in [0.2, 0.25) is 0 Å². The van der Waals surface area contributed by atoms with E-state index < -0.39 is 11.4 Å². The summed E-state index contributed by atoms with van der Waals surface area (Å²) in [5.41, 5.74) is 1.75. The van der Waals surface area contributed by atoms with Crippen molar-refractivity contribution in [2.45, 2.75) is 44.9 Å². The first-order chi connectivity index (χ1) is 8.32. The second-order valence-electron chi connectivity index (χ2n) is 5.47. The fraction of sp³-hybridized carbons (Fsp3) is 0.500. The van der Waals surface area contributed by atoms with E-state index in [9.17, 15) is 9.35 Å². The molecule has 0 amide bonds. The summed E-state index contributed by atoms with van der Waals surface area (Å²) >= 11 is -1.07. The maximum atomic E-state index is 11.9. The number of rotatable bonds is 5. The van der Waals surface area contributed by atoms with Crippen molar-refractivity contribution in [2.24, 2.45) is 0 Å². The molecule has 0 spiro atoms. The van der Waals surface area contributed by atoms with Gasteiger partial charge < -0.3 is 4.55 Å². The Kier molecular flexibility index (Phi) is 5.38. The number of hydrogen-bond acceptors (Lipinski definition) is 3. The minimum Gasteiger partial charge on any atom is -0.598 e. The molecule has 0 saturated carbocycles. The zero-order valence-electron chi connectivity index (χ0n) is 11.4. The van der Waals surface area contributed by atoms with Gasteiger partial charge in [-0.05, 0) is 45.7 Å². The van der Waals surface area contributed by atoms with Crippen molar-refractivity contribution in [1.82, 2.24) is 4.72 Å². The number of carbonyl (C=O) groups excluding carboxylic acids is 1. The highest BCUT2D eigenvalue weighted by atomic mass is 32.2. The molecule has 3 nitrogen and oxygen atoms in total. The molecule has 0 heterocycles. The van der Waals surface area contributed by atoms with E-state index in [1.54, 1.807) is 6.07 Å². The summed E-state index contributed by atoms with van der Waals surface area (Å²) in [4.78, 5) is 10.7. The summed E-state index contributed by atoms with van der Waals surface area (Å²) in [6.45, 7) is 7.82. The standard InChI is InChI=1S/C14H21NO2S/c1-11(15-18(17)14(2,3)4)8-12-6-5-7-13(9-12)10-16/h5-7,9-11,15H,8H2,1-4H3. The highest BCUT2D eigenvalue weighted by Gasteiger charge is 2.27. The first-order valence-corrected chi connectivity index (χ1v) is 7.20. The van der Waals surface area contributed by atoms with Gasteiger partial charge in [0.05, 0.1) is 6.04 Å². The van der Waals surface area contributed by atoms with E-state index in [-0.39, 0.29) is 10.8 Å². The fourth-order valence-corrected chi connectivity index (χ4v) is 2.35. The first-order valence-electron chi connectivity index (χ1n) is 6.05. The van der Waals surface area contributed by atoms with Crippen LogP contribution >= 0.6 is 0 Å². The van der Waals surface area contributed by atoms with Crippen LogP contribution < -0.4 is 4.72 Å². The van der Waals surface area contributed by atoms with E-state index in [4.69, 9.17) is 0 Å². The third-order valence-corrected chi connectivity index (χ3v) is 4.22. The molecule has 0 bridgehead atoms. The van der Waals surface area contributed by atoms with Crippen LogP contribution in [-0.2, 0) is 17.8 Å². The lowest BCUT2D eigenvalue weighted by molar-refractivity contribution is 0.112. The molecular formula is C14H21NO2S. The van der Waals surface area contributed by atoms with Gasteiger partial charge in [0.2, 0.25) is 0 Å². The molecule has 0 aliphatic heterocycles. The maximum absolute atomic E-state index is 11.9. The van der Waals surface area contributed by atoms with Crippen molar-refractivity contribution in [2.75, 3.05) is 0 Å². The van der Waals surface area contributed by atoms with E-state index in [0.29, 0.717) is 5.56 Å². The topological polar surface area (TPSA) is 52.2 Å². The van der Waals surface area contributed by atoms with Crippen molar-refractivity contribution >= 4 is 17.6 Å². The molecule has 0 radical (unpaired) electrons. The lowest BCUT2D eigenvalue weighted by Gasteiger charge is -2.26. The predicted octanol–water partition coefficient (Wildman–Crippen LogP) is 2.48. The Bertz CT molecular complexity index is 401. The average molecular weight is 267 g/mol. The molecule has 0 aromatic heterocycles. The summed E-state index contributed by atoms with van der Waals surface area (Å²) in [5.74, 6) is 0. The molecule has 1 N–H and O–H groups in total. The van der Waals surface area contributed by atoms with Gasteiger partial charge in [-0.3, -0.25) is 4.79 Å². The Morgan fingerprint density at radius 1 is 1.44 bits per heavy atom. The summed E-state index contributed by atoms with van der Waals surface area (Å²) in [7, 11) is 0. The third-order valence-electron chi connectivity index (χ3n) is 2.49. The van der Waals surface area contributed by atoms with Gasteiger partial charge in [0.1, 0.15) is 11.0 Å². The number of benzene rings is 1. The number of hydrogen-bond donors (Lipinski definition) is 1. The van der Waals surface area contributed by atoms with Gasteiger partial charge in [-0.15, -0.1) is 4.72 Å². The quantitative estimate of drug-likeness (QED) is 0.658. The Morgan fingerprint density at radius 2 is 2.11 bits per heavy atom. The van der Waals surface area contributed by atoms with Crippen molar-refractivity contribution in [3.8, 4) is 0 Å². The van der Waals surface area contributed by atoms with E-state index in [1.807, 2.05) is 45.9 Å². The van der Waals surface area contributed by atoms with Crippen LogP contribution in [-0.4, -0.2) is 21.6 Å². The van der Waals surface area contributed by atoms with Gasteiger partial charge in [-0.25, -0.2) is 0 Å². The van der Waals surface area contributed by atoms with E-state index in [2.05, 4.69) is 4.72 Å². The number of aldehydes is 1. The SMILES string of the molecule is CC(Cc1cccc(C=O)c1)N[S+]([O-])C(C)(C)C. The monoisotopic (exact) mass is 267 g/mol. The highest BCUT2D eigenvalue weighted by molar-refractivity contribution is 7.90. The second kappa shape index (κ2) is 6.36. The average Bonchev–Trinajstić information content (AvgIpc) is 2.27. The molecule has 2 unspecified atom stereocenters. The minimum atomic E-state index is -1.07. The van der Waals surface area contributed by atoms with Crippen molar-refractivity contribution in [3.05, 3.63) is 35.4 Å². The highest BCUT2D eigenvalue weighted by Crippen LogP contribution is 2.15. The first kappa shape index (κ1) is 15.2. The van der Waals surface area contributed by atoms with E-state index in [1.165, 1.54) is 0 Å². The molecular weight excluding hydrogens is 246 g/mol. The van der Waals surface area contributed by atoms with Gasteiger partial charge in [0.15, 0.2) is 0 Å². The lowest BCUT2D eigenvalue weighted by Crippen LogP contribution is -2.44. The zero-order chi connectivity index (χ0) is 13.8. The maximum Gasteiger partial charge on any atom is 0.150 e. The van der Waals surface area contributed by atoms with Crippen molar-refractivity contribution in [3.63, 3.8) is 0 Å². The molecule has 2 atom stereocenters. The third kappa shape index (κ3) is 4.80. The van der Waals surface area contributed by atoms with Crippen LogP contribution in [0.25, 0.3) is 0 Å². The van der Waals surface area contributed by atoms with E-state index >= 15 is 0 Å². The lowest BCUT2D eigenvalue weighted by atomic mass is 10.1.